The minimum atomic E-state index is 0.253. The lowest BCUT2D eigenvalue weighted by Crippen LogP contribution is -2.17. The molecule has 0 fully saturated rings. The molecule has 0 aliphatic heterocycles. The van der Waals surface area contributed by atoms with Crippen molar-refractivity contribution in [3.8, 4) is 5.75 Å². The summed E-state index contributed by atoms with van der Waals surface area (Å²) in [5.41, 5.74) is 1.20. The van der Waals surface area contributed by atoms with Gasteiger partial charge in [-0.1, -0.05) is 12.1 Å². The fraction of sp³-hybridized carbons (Fsp3) is 0.286. The van der Waals surface area contributed by atoms with Gasteiger partial charge >= 0.3 is 0 Å². The van der Waals surface area contributed by atoms with Gasteiger partial charge in [0.15, 0.2) is 3.77 Å². The number of ether oxygens (including phenoxy) is 1. The molecule has 0 amide bonds. The van der Waals surface area contributed by atoms with Crippen molar-refractivity contribution in [2.45, 2.75) is 19.5 Å². The molecule has 2 aromatic rings. The van der Waals surface area contributed by atoms with E-state index in [4.69, 9.17) is 9.15 Å². The number of furan rings is 1. The second kappa shape index (κ2) is 6.24. The highest BCUT2D eigenvalue weighted by Crippen LogP contribution is 2.19. The molecule has 0 aliphatic rings. The molecule has 1 atom stereocenters. The minimum absolute atomic E-state index is 0.253. The van der Waals surface area contributed by atoms with Crippen LogP contribution in [0.15, 0.2) is 40.8 Å². The molecule has 0 bridgehead atoms. The second-order valence-corrected chi connectivity index (χ2v) is 5.15. The summed E-state index contributed by atoms with van der Waals surface area (Å²) in [6.07, 6.45) is 0. The molecule has 3 nitrogen and oxygen atoms in total. The molecule has 2 rings (SSSR count). The molecule has 1 unspecified atom stereocenters. The van der Waals surface area contributed by atoms with Crippen LogP contribution in [0.1, 0.15) is 24.3 Å². The van der Waals surface area contributed by atoms with Crippen molar-refractivity contribution in [3.05, 3.63) is 51.5 Å². The van der Waals surface area contributed by atoms with E-state index in [1.54, 1.807) is 7.11 Å². The monoisotopic (exact) mass is 357 g/mol. The highest BCUT2D eigenvalue weighted by Gasteiger charge is 2.07. The highest BCUT2D eigenvalue weighted by molar-refractivity contribution is 14.1. The van der Waals surface area contributed by atoms with Crippen molar-refractivity contribution in [2.75, 3.05) is 7.11 Å². The normalized spacial score (nSPS) is 12.4. The van der Waals surface area contributed by atoms with Crippen molar-refractivity contribution < 1.29 is 9.15 Å². The first-order chi connectivity index (χ1) is 8.69. The summed E-state index contributed by atoms with van der Waals surface area (Å²) in [6, 6.07) is 12.3. The maximum atomic E-state index is 5.51. The third-order valence-corrected chi connectivity index (χ3v) is 3.38. The van der Waals surface area contributed by atoms with Crippen LogP contribution >= 0.6 is 22.6 Å². The summed E-state index contributed by atoms with van der Waals surface area (Å²) in [7, 11) is 1.68. The van der Waals surface area contributed by atoms with Crippen LogP contribution in [0, 0.1) is 3.77 Å². The van der Waals surface area contributed by atoms with E-state index in [1.165, 1.54) is 5.56 Å². The van der Waals surface area contributed by atoms with E-state index in [0.29, 0.717) is 0 Å². The third-order valence-electron chi connectivity index (χ3n) is 2.81. The topological polar surface area (TPSA) is 34.4 Å². The van der Waals surface area contributed by atoms with Crippen molar-refractivity contribution >= 4 is 22.6 Å². The second-order valence-electron chi connectivity index (χ2n) is 4.09. The van der Waals surface area contributed by atoms with Crippen molar-refractivity contribution in [1.29, 1.82) is 0 Å². The molecule has 0 spiro atoms. The lowest BCUT2D eigenvalue weighted by atomic mass is 10.1. The van der Waals surface area contributed by atoms with E-state index in [-0.39, 0.29) is 6.04 Å². The van der Waals surface area contributed by atoms with Gasteiger partial charge in [-0.05, 0) is 59.3 Å². The van der Waals surface area contributed by atoms with E-state index in [1.807, 2.05) is 30.3 Å². The molecule has 0 radical (unpaired) electrons. The number of methoxy groups -OCH3 is 1. The van der Waals surface area contributed by atoms with Crippen LogP contribution in [0.4, 0.5) is 0 Å². The first-order valence-electron chi connectivity index (χ1n) is 5.80. The lowest BCUT2D eigenvalue weighted by molar-refractivity contribution is 0.412. The predicted octanol–water partition coefficient (Wildman–Crippen LogP) is 3.74. The van der Waals surface area contributed by atoms with Gasteiger partial charge < -0.3 is 14.5 Å². The number of benzene rings is 1. The zero-order chi connectivity index (χ0) is 13.0. The summed E-state index contributed by atoms with van der Waals surface area (Å²) in [5.74, 6) is 1.84. The zero-order valence-electron chi connectivity index (χ0n) is 10.4. The quantitative estimate of drug-likeness (QED) is 0.828. The number of hydrogen-bond donors (Lipinski definition) is 1. The third kappa shape index (κ3) is 3.49. The van der Waals surface area contributed by atoms with Gasteiger partial charge in [0, 0.05) is 6.04 Å². The predicted molar refractivity (Wildman–Crippen MR) is 79.7 cm³/mol. The maximum absolute atomic E-state index is 5.51. The Morgan fingerprint density at radius 3 is 2.83 bits per heavy atom. The first-order valence-corrected chi connectivity index (χ1v) is 6.88. The maximum Gasteiger partial charge on any atom is 0.164 e. The van der Waals surface area contributed by atoms with Crippen molar-refractivity contribution in [3.63, 3.8) is 0 Å². The van der Waals surface area contributed by atoms with E-state index in [2.05, 4.69) is 40.9 Å². The summed E-state index contributed by atoms with van der Waals surface area (Å²) >= 11 is 2.17. The Morgan fingerprint density at radius 1 is 1.33 bits per heavy atom. The van der Waals surface area contributed by atoms with Gasteiger partial charge in [-0.25, -0.2) is 0 Å². The molecular weight excluding hydrogens is 341 g/mol. The molecule has 1 aromatic carbocycles. The first kappa shape index (κ1) is 13.4. The van der Waals surface area contributed by atoms with Gasteiger partial charge in [0.2, 0.25) is 0 Å². The van der Waals surface area contributed by atoms with Crippen molar-refractivity contribution in [1.82, 2.24) is 5.32 Å². The molecule has 0 saturated carbocycles. The Bertz CT molecular complexity index is 510. The summed E-state index contributed by atoms with van der Waals surface area (Å²) in [4.78, 5) is 0. The number of rotatable bonds is 5. The SMILES string of the molecule is COc1cccc(C(C)NCc2ccc(I)o2)c1. The fourth-order valence-corrected chi connectivity index (χ4v) is 2.19. The van der Waals surface area contributed by atoms with Crippen molar-refractivity contribution in [2.24, 2.45) is 0 Å². The summed E-state index contributed by atoms with van der Waals surface area (Å²) < 4.78 is 11.7. The lowest BCUT2D eigenvalue weighted by Gasteiger charge is -2.14. The van der Waals surface area contributed by atoms with E-state index >= 15 is 0 Å². The van der Waals surface area contributed by atoms with Gasteiger partial charge in [-0.3, -0.25) is 0 Å². The molecule has 18 heavy (non-hydrogen) atoms. The van der Waals surface area contributed by atoms with E-state index < -0.39 is 0 Å². The van der Waals surface area contributed by atoms with Crippen LogP contribution < -0.4 is 10.1 Å². The molecule has 1 N–H and O–H groups in total. The molecule has 96 valence electrons. The average Bonchev–Trinajstić information content (AvgIpc) is 2.82. The van der Waals surface area contributed by atoms with Gasteiger partial charge in [0.25, 0.3) is 0 Å². The molecule has 1 aromatic heterocycles. The summed E-state index contributed by atoms with van der Waals surface area (Å²) in [5, 5.41) is 3.43. The summed E-state index contributed by atoms with van der Waals surface area (Å²) in [6.45, 7) is 2.85. The Hall–Kier alpha value is -1.01. The molecular formula is C14H16INO2. The van der Waals surface area contributed by atoms with E-state index in [0.717, 1.165) is 21.8 Å². The van der Waals surface area contributed by atoms with E-state index in [9.17, 15) is 0 Å². The largest absolute Gasteiger partial charge is 0.497 e. The Labute approximate surface area is 121 Å². The van der Waals surface area contributed by atoms with Gasteiger partial charge in [-0.2, -0.15) is 0 Å². The zero-order valence-corrected chi connectivity index (χ0v) is 12.6. The van der Waals surface area contributed by atoms with Crippen LogP contribution in [0.25, 0.3) is 0 Å². The average molecular weight is 357 g/mol. The van der Waals surface area contributed by atoms with Gasteiger partial charge in [0.05, 0.1) is 13.7 Å². The Kier molecular flexibility index (Phi) is 4.66. The number of halogens is 1. The van der Waals surface area contributed by atoms with Gasteiger partial charge in [-0.15, -0.1) is 0 Å². The molecule has 4 heteroatoms. The standard InChI is InChI=1S/C14H16INO2/c1-10(11-4-3-5-12(8-11)17-2)16-9-13-6-7-14(15)18-13/h3-8,10,16H,9H2,1-2H3. The van der Waals surface area contributed by atoms with Gasteiger partial charge in [0.1, 0.15) is 11.5 Å². The number of hydrogen-bond acceptors (Lipinski definition) is 3. The smallest absolute Gasteiger partial charge is 0.164 e. The molecule has 0 aliphatic carbocycles. The van der Waals surface area contributed by atoms with Crippen LogP contribution in [0.5, 0.6) is 5.75 Å². The Balaban J connectivity index is 1.96. The molecule has 0 saturated heterocycles. The Morgan fingerprint density at radius 2 is 2.17 bits per heavy atom. The molecule has 1 heterocycles. The van der Waals surface area contributed by atoms with Crippen LogP contribution in [-0.2, 0) is 6.54 Å². The highest BCUT2D eigenvalue weighted by atomic mass is 127. The van der Waals surface area contributed by atoms with Crippen LogP contribution in [0.3, 0.4) is 0 Å². The number of nitrogens with one attached hydrogen (secondary N) is 1. The van der Waals surface area contributed by atoms with Crippen LogP contribution in [-0.4, -0.2) is 7.11 Å². The fourth-order valence-electron chi connectivity index (χ4n) is 1.73. The minimum Gasteiger partial charge on any atom is -0.497 e. The van der Waals surface area contributed by atoms with Crippen LogP contribution in [0.2, 0.25) is 0 Å².